The fourth-order valence-electron chi connectivity index (χ4n) is 1.33. The monoisotopic (exact) mass is 336 g/mol. The van der Waals surface area contributed by atoms with Crippen molar-refractivity contribution in [2.75, 3.05) is 0 Å². The van der Waals surface area contributed by atoms with Crippen molar-refractivity contribution in [3.8, 4) is 16.3 Å². The summed E-state index contributed by atoms with van der Waals surface area (Å²) in [5.41, 5.74) is 7.50. The second-order valence-corrected chi connectivity index (χ2v) is 4.64. The van der Waals surface area contributed by atoms with E-state index in [9.17, 15) is 14.4 Å². The highest BCUT2D eigenvalue weighted by Gasteiger charge is 2.11. The highest BCUT2D eigenvalue weighted by atomic mass is 32.1. The number of primary amides is 1. The minimum Gasteiger partial charge on any atom is -0.478 e. The summed E-state index contributed by atoms with van der Waals surface area (Å²) in [6.45, 7) is 0. The van der Waals surface area contributed by atoms with Gasteiger partial charge in [-0.1, -0.05) is 30.3 Å². The number of nitrogens with zero attached hydrogens (tertiary/aromatic N) is 1. The second-order valence-electron chi connectivity index (χ2n) is 3.78. The number of amides is 1. The van der Waals surface area contributed by atoms with E-state index in [0.717, 1.165) is 10.4 Å². The number of carboxylic acid groups (broad SMARTS) is 2. The molecule has 0 aliphatic heterocycles. The van der Waals surface area contributed by atoms with Gasteiger partial charge in [0.15, 0.2) is 0 Å². The number of carbonyl (C=O) groups excluding carboxylic acids is 1. The lowest BCUT2D eigenvalue weighted by molar-refractivity contribution is -0.134. The number of ether oxygens (including phenoxy) is 1. The summed E-state index contributed by atoms with van der Waals surface area (Å²) in [6.07, 6.45) is 0.267. The number of aromatic nitrogens is 1. The Balaban J connectivity index is 0.000000284. The number of carbonyl (C=O) groups is 3. The Hall–Kier alpha value is -3.20. The van der Waals surface area contributed by atoms with Crippen LogP contribution in [0.1, 0.15) is 0 Å². The van der Waals surface area contributed by atoms with E-state index in [1.54, 1.807) is 5.51 Å². The van der Waals surface area contributed by atoms with Crippen LogP contribution in [-0.2, 0) is 9.59 Å². The molecule has 1 aromatic heterocycles. The zero-order valence-corrected chi connectivity index (χ0v) is 12.4. The molecule has 23 heavy (non-hydrogen) atoms. The fourth-order valence-corrected chi connectivity index (χ4v) is 2.05. The van der Waals surface area contributed by atoms with Gasteiger partial charge in [-0.25, -0.2) is 19.4 Å². The molecule has 2 rings (SSSR count). The first-order valence-corrected chi connectivity index (χ1v) is 6.88. The summed E-state index contributed by atoms with van der Waals surface area (Å²) in [7, 11) is 0. The van der Waals surface area contributed by atoms with Crippen molar-refractivity contribution in [1.82, 2.24) is 4.98 Å². The molecule has 0 spiro atoms. The molecule has 0 saturated heterocycles. The average Bonchev–Trinajstić information content (AvgIpc) is 2.94. The number of hydrogen-bond acceptors (Lipinski definition) is 6. The van der Waals surface area contributed by atoms with Gasteiger partial charge < -0.3 is 20.7 Å². The van der Waals surface area contributed by atoms with Gasteiger partial charge >= 0.3 is 18.0 Å². The van der Waals surface area contributed by atoms with E-state index < -0.39 is 18.0 Å². The number of thiazole rings is 1. The minimum atomic E-state index is -1.26. The molecule has 1 amide bonds. The van der Waals surface area contributed by atoms with Gasteiger partial charge in [-0.3, -0.25) is 0 Å². The Kier molecular flexibility index (Phi) is 6.95. The van der Waals surface area contributed by atoms with Crippen LogP contribution in [-0.4, -0.2) is 33.2 Å². The van der Waals surface area contributed by atoms with Crippen LogP contribution in [0.2, 0.25) is 0 Å². The molecule has 120 valence electrons. The lowest BCUT2D eigenvalue weighted by atomic mass is 10.2. The van der Waals surface area contributed by atoms with E-state index in [4.69, 9.17) is 20.7 Å². The molecule has 0 saturated carbocycles. The minimum absolute atomic E-state index is 0.263. The molecule has 9 heteroatoms. The second kappa shape index (κ2) is 8.95. The summed E-state index contributed by atoms with van der Waals surface area (Å²) in [5, 5.41) is 15.6. The standard InChI is InChI=1S/C10H8N2O2S.C4H4O4/c11-10(13)14-9-8(15-6-12-9)7-4-2-1-3-5-7;5-3(6)1-2-4(7)8/h1-6H,(H2,11,13);1-2H,(H,5,6)(H,7,8)/b;2-1+. The maximum atomic E-state index is 10.6. The van der Waals surface area contributed by atoms with Gasteiger partial charge in [0.1, 0.15) is 0 Å². The van der Waals surface area contributed by atoms with Crippen LogP contribution in [0.5, 0.6) is 5.88 Å². The van der Waals surface area contributed by atoms with Gasteiger partial charge in [0.05, 0.1) is 10.4 Å². The van der Waals surface area contributed by atoms with Crippen molar-refractivity contribution >= 4 is 29.4 Å². The number of benzene rings is 1. The third-order valence-electron chi connectivity index (χ3n) is 2.14. The van der Waals surface area contributed by atoms with Crippen LogP contribution in [0.4, 0.5) is 4.79 Å². The molecular formula is C14H12N2O6S. The van der Waals surface area contributed by atoms with E-state index in [1.165, 1.54) is 11.3 Å². The summed E-state index contributed by atoms with van der Waals surface area (Å²) in [4.78, 5) is 34.5. The molecule has 0 radical (unpaired) electrons. The maximum Gasteiger partial charge on any atom is 0.411 e. The Labute approximate surface area is 134 Å². The first-order valence-electron chi connectivity index (χ1n) is 6.00. The average molecular weight is 336 g/mol. The van der Waals surface area contributed by atoms with E-state index >= 15 is 0 Å². The van der Waals surface area contributed by atoms with Crippen molar-refractivity contribution in [3.05, 3.63) is 48.0 Å². The highest BCUT2D eigenvalue weighted by Crippen LogP contribution is 2.32. The summed E-state index contributed by atoms with van der Waals surface area (Å²) in [6, 6.07) is 9.56. The van der Waals surface area contributed by atoms with Gasteiger partial charge in [0, 0.05) is 12.2 Å². The normalized spacial score (nSPS) is 9.74. The molecule has 0 aliphatic carbocycles. The summed E-state index contributed by atoms with van der Waals surface area (Å²) < 4.78 is 4.78. The van der Waals surface area contributed by atoms with Gasteiger partial charge in [0.25, 0.3) is 0 Å². The molecule has 0 fully saturated rings. The molecule has 0 bridgehead atoms. The molecule has 4 N–H and O–H groups in total. The maximum absolute atomic E-state index is 10.6. The Morgan fingerprint density at radius 1 is 1.09 bits per heavy atom. The first kappa shape index (κ1) is 17.9. The number of nitrogens with two attached hydrogens (primary N) is 1. The molecule has 0 unspecified atom stereocenters. The number of carboxylic acids is 2. The third-order valence-corrected chi connectivity index (χ3v) is 2.99. The van der Waals surface area contributed by atoms with Crippen molar-refractivity contribution in [2.24, 2.45) is 5.73 Å². The summed E-state index contributed by atoms with van der Waals surface area (Å²) >= 11 is 1.40. The van der Waals surface area contributed by atoms with E-state index in [0.29, 0.717) is 12.2 Å². The van der Waals surface area contributed by atoms with Crippen LogP contribution in [0.15, 0.2) is 48.0 Å². The molecule has 8 nitrogen and oxygen atoms in total. The molecular weight excluding hydrogens is 324 g/mol. The number of hydrogen-bond donors (Lipinski definition) is 3. The SMILES string of the molecule is NC(=O)Oc1ncsc1-c1ccccc1.O=C(O)/C=C/C(=O)O. The Bertz CT molecular complexity index is 695. The molecule has 0 aliphatic rings. The zero-order valence-electron chi connectivity index (χ0n) is 11.6. The van der Waals surface area contributed by atoms with Crippen molar-refractivity contribution in [2.45, 2.75) is 0 Å². The molecule has 1 aromatic carbocycles. The smallest absolute Gasteiger partial charge is 0.411 e. The van der Waals surface area contributed by atoms with Gasteiger partial charge in [-0.2, -0.15) is 0 Å². The van der Waals surface area contributed by atoms with Gasteiger partial charge in [-0.05, 0) is 5.56 Å². The van der Waals surface area contributed by atoms with Crippen LogP contribution >= 0.6 is 11.3 Å². The quantitative estimate of drug-likeness (QED) is 0.725. The van der Waals surface area contributed by atoms with Gasteiger partial charge in [-0.15, -0.1) is 11.3 Å². The zero-order chi connectivity index (χ0) is 17.2. The van der Waals surface area contributed by atoms with Crippen LogP contribution < -0.4 is 10.5 Å². The van der Waals surface area contributed by atoms with Crippen LogP contribution in [0, 0.1) is 0 Å². The van der Waals surface area contributed by atoms with E-state index in [1.807, 2.05) is 30.3 Å². The van der Waals surface area contributed by atoms with Crippen LogP contribution in [0.3, 0.4) is 0 Å². The number of aliphatic carboxylic acids is 2. The topological polar surface area (TPSA) is 140 Å². The number of rotatable bonds is 4. The summed E-state index contributed by atoms with van der Waals surface area (Å²) in [5.74, 6) is -2.25. The predicted octanol–water partition coefficient (Wildman–Crippen LogP) is 1.98. The van der Waals surface area contributed by atoms with Crippen LogP contribution in [0.25, 0.3) is 10.4 Å². The van der Waals surface area contributed by atoms with Crippen molar-refractivity contribution in [3.63, 3.8) is 0 Å². The van der Waals surface area contributed by atoms with E-state index in [2.05, 4.69) is 4.98 Å². The van der Waals surface area contributed by atoms with Crippen molar-refractivity contribution < 1.29 is 29.3 Å². The third kappa shape index (κ3) is 6.87. The fraction of sp³-hybridized carbons (Fsp3) is 0. The Morgan fingerprint density at radius 2 is 1.65 bits per heavy atom. The van der Waals surface area contributed by atoms with Crippen molar-refractivity contribution in [1.29, 1.82) is 0 Å². The molecule has 0 atom stereocenters. The van der Waals surface area contributed by atoms with E-state index in [-0.39, 0.29) is 5.88 Å². The molecule has 1 heterocycles. The lowest BCUT2D eigenvalue weighted by Crippen LogP contribution is -2.16. The van der Waals surface area contributed by atoms with Gasteiger partial charge in [0.2, 0.25) is 5.88 Å². The molecule has 2 aromatic rings. The first-order chi connectivity index (χ1) is 10.9. The lowest BCUT2D eigenvalue weighted by Gasteiger charge is -2.00. The largest absolute Gasteiger partial charge is 0.478 e. The highest BCUT2D eigenvalue weighted by molar-refractivity contribution is 7.13. The predicted molar refractivity (Wildman–Crippen MR) is 82.2 cm³/mol. The Morgan fingerprint density at radius 3 is 2.13 bits per heavy atom.